The molecule has 1 heteroatoms. The van der Waals surface area contributed by atoms with Gasteiger partial charge in [0, 0.05) is 17.0 Å². The number of rotatable bonds is 2. The summed E-state index contributed by atoms with van der Waals surface area (Å²) in [6.45, 7) is 4.82. The number of benzene rings is 2. The van der Waals surface area contributed by atoms with Crippen LogP contribution in [0.2, 0.25) is 0 Å². The Morgan fingerprint density at radius 2 is 1.41 bits per heavy atom. The van der Waals surface area contributed by atoms with Crippen LogP contribution in [0.25, 0.3) is 0 Å². The third-order valence-electron chi connectivity index (χ3n) is 6.42. The Balaban J connectivity index is 1.75. The lowest BCUT2D eigenvalue weighted by molar-refractivity contribution is -0.00422. The molecule has 2 bridgehead atoms. The van der Waals surface area contributed by atoms with E-state index in [1.807, 2.05) is 0 Å². The predicted octanol–water partition coefficient (Wildman–Crippen LogP) is 4.63. The minimum absolute atomic E-state index is 0.164. The number of piperidine rings is 2. The van der Waals surface area contributed by atoms with Gasteiger partial charge in [0.25, 0.3) is 0 Å². The molecule has 1 saturated carbocycles. The average molecular weight is 291 g/mol. The van der Waals surface area contributed by atoms with Crippen LogP contribution in [0.5, 0.6) is 0 Å². The lowest BCUT2D eigenvalue weighted by atomic mass is 9.52. The monoisotopic (exact) mass is 291 g/mol. The maximum atomic E-state index is 4.03. The quantitative estimate of drug-likeness (QED) is 0.850. The lowest BCUT2D eigenvalue weighted by Gasteiger charge is -2.61. The minimum Gasteiger partial charge on any atom is -0.304 e. The molecule has 1 aliphatic carbocycles. The standard InChI is InChI=1S/C21H25N/c1-16-15-20(18-9-5-3-6-10-18)13-14-21(16,22-17(20)2)19-11-7-4-8-12-19/h3-12,16-17,22H,13-15H2,1-2H3. The third kappa shape index (κ3) is 1.82. The molecule has 2 saturated heterocycles. The van der Waals surface area contributed by atoms with E-state index in [0.717, 1.165) is 0 Å². The van der Waals surface area contributed by atoms with E-state index in [2.05, 4.69) is 79.8 Å². The summed E-state index contributed by atoms with van der Waals surface area (Å²) < 4.78 is 0. The molecule has 5 rings (SSSR count). The van der Waals surface area contributed by atoms with Gasteiger partial charge in [-0.25, -0.2) is 0 Å². The van der Waals surface area contributed by atoms with Crippen LogP contribution in [0.3, 0.4) is 0 Å². The molecule has 0 radical (unpaired) electrons. The van der Waals surface area contributed by atoms with E-state index in [-0.39, 0.29) is 5.54 Å². The first-order valence-corrected chi connectivity index (χ1v) is 8.56. The van der Waals surface area contributed by atoms with Crippen molar-refractivity contribution in [3.05, 3.63) is 71.8 Å². The molecule has 114 valence electrons. The van der Waals surface area contributed by atoms with E-state index >= 15 is 0 Å². The topological polar surface area (TPSA) is 12.0 Å². The predicted molar refractivity (Wildman–Crippen MR) is 91.9 cm³/mol. The fraction of sp³-hybridized carbons (Fsp3) is 0.429. The molecule has 1 nitrogen and oxygen atoms in total. The van der Waals surface area contributed by atoms with Gasteiger partial charge >= 0.3 is 0 Å². The molecule has 4 atom stereocenters. The van der Waals surface area contributed by atoms with E-state index in [0.29, 0.717) is 17.4 Å². The second kappa shape index (κ2) is 4.96. The van der Waals surface area contributed by atoms with Crippen molar-refractivity contribution in [2.45, 2.75) is 50.1 Å². The third-order valence-corrected chi connectivity index (χ3v) is 6.42. The average Bonchev–Trinajstić information content (AvgIpc) is 2.58. The van der Waals surface area contributed by atoms with Gasteiger partial charge in [-0.05, 0) is 43.2 Å². The van der Waals surface area contributed by atoms with Gasteiger partial charge in [-0.3, -0.25) is 0 Å². The van der Waals surface area contributed by atoms with Gasteiger partial charge in [0.2, 0.25) is 0 Å². The highest BCUT2D eigenvalue weighted by Crippen LogP contribution is 2.56. The maximum Gasteiger partial charge on any atom is 0.0463 e. The molecule has 0 amide bonds. The first-order valence-electron chi connectivity index (χ1n) is 8.56. The summed E-state index contributed by atoms with van der Waals surface area (Å²) in [5, 5.41) is 4.03. The van der Waals surface area contributed by atoms with Gasteiger partial charge in [0.05, 0.1) is 0 Å². The number of hydrogen-bond donors (Lipinski definition) is 1. The Morgan fingerprint density at radius 1 is 0.818 bits per heavy atom. The van der Waals surface area contributed by atoms with E-state index < -0.39 is 0 Å². The number of nitrogens with one attached hydrogen (secondary N) is 1. The van der Waals surface area contributed by atoms with E-state index in [1.54, 1.807) is 0 Å². The van der Waals surface area contributed by atoms with Gasteiger partial charge in [-0.2, -0.15) is 0 Å². The van der Waals surface area contributed by atoms with Crippen molar-refractivity contribution in [3.63, 3.8) is 0 Å². The highest BCUT2D eigenvalue weighted by Gasteiger charge is 2.57. The van der Waals surface area contributed by atoms with Crippen molar-refractivity contribution < 1.29 is 0 Å². The molecule has 2 aliphatic heterocycles. The minimum atomic E-state index is 0.164. The Morgan fingerprint density at radius 3 is 1.95 bits per heavy atom. The van der Waals surface area contributed by atoms with E-state index in [1.165, 1.54) is 30.4 Å². The van der Waals surface area contributed by atoms with Gasteiger partial charge in [-0.15, -0.1) is 0 Å². The molecule has 0 spiro atoms. The van der Waals surface area contributed by atoms with Gasteiger partial charge in [-0.1, -0.05) is 67.6 Å². The summed E-state index contributed by atoms with van der Waals surface area (Å²) >= 11 is 0. The molecule has 1 N–H and O–H groups in total. The van der Waals surface area contributed by atoms with Crippen LogP contribution < -0.4 is 5.32 Å². The molecule has 4 unspecified atom stereocenters. The molecule has 3 aliphatic rings. The largest absolute Gasteiger partial charge is 0.304 e. The molecule has 3 fully saturated rings. The molecule has 0 aromatic heterocycles. The number of hydrogen-bond acceptors (Lipinski definition) is 1. The molecular weight excluding hydrogens is 266 g/mol. The van der Waals surface area contributed by atoms with Crippen LogP contribution in [-0.4, -0.2) is 6.04 Å². The van der Waals surface area contributed by atoms with E-state index in [4.69, 9.17) is 0 Å². The highest BCUT2D eigenvalue weighted by molar-refractivity contribution is 5.37. The summed E-state index contributed by atoms with van der Waals surface area (Å²) in [7, 11) is 0. The van der Waals surface area contributed by atoms with Crippen molar-refractivity contribution in [2.75, 3.05) is 0 Å². The lowest BCUT2D eigenvalue weighted by Crippen LogP contribution is -2.68. The van der Waals surface area contributed by atoms with Gasteiger partial charge in [0.1, 0.15) is 0 Å². The van der Waals surface area contributed by atoms with Crippen molar-refractivity contribution in [3.8, 4) is 0 Å². The molecule has 22 heavy (non-hydrogen) atoms. The second-order valence-electron chi connectivity index (χ2n) is 7.33. The van der Waals surface area contributed by atoms with Crippen LogP contribution in [0.4, 0.5) is 0 Å². The fourth-order valence-electron chi connectivity index (χ4n) is 5.15. The Kier molecular flexibility index (Phi) is 3.16. The zero-order valence-electron chi connectivity index (χ0n) is 13.5. The zero-order valence-corrected chi connectivity index (χ0v) is 13.5. The molecule has 2 aromatic rings. The van der Waals surface area contributed by atoms with Crippen LogP contribution in [0, 0.1) is 5.92 Å². The zero-order chi connectivity index (χ0) is 15.2. The van der Waals surface area contributed by atoms with Crippen LogP contribution >= 0.6 is 0 Å². The summed E-state index contributed by atoms with van der Waals surface area (Å²) in [4.78, 5) is 0. The van der Waals surface area contributed by atoms with Gasteiger partial charge < -0.3 is 5.32 Å². The summed E-state index contributed by atoms with van der Waals surface area (Å²) in [6, 6.07) is 22.7. The first-order chi connectivity index (χ1) is 10.7. The molecular formula is C21H25N. The van der Waals surface area contributed by atoms with Crippen molar-refractivity contribution in [1.29, 1.82) is 0 Å². The smallest absolute Gasteiger partial charge is 0.0463 e. The van der Waals surface area contributed by atoms with Crippen LogP contribution in [-0.2, 0) is 11.0 Å². The Labute approximate surface area is 133 Å². The Bertz CT molecular complexity index is 591. The second-order valence-corrected chi connectivity index (χ2v) is 7.33. The van der Waals surface area contributed by atoms with Gasteiger partial charge in [0.15, 0.2) is 0 Å². The summed E-state index contributed by atoms with van der Waals surface area (Å²) in [6.07, 6.45) is 3.79. The van der Waals surface area contributed by atoms with Crippen molar-refractivity contribution in [2.24, 2.45) is 5.92 Å². The summed E-state index contributed by atoms with van der Waals surface area (Å²) in [5.41, 5.74) is 3.45. The fourth-order valence-corrected chi connectivity index (χ4v) is 5.15. The number of fused-ring (bicyclic) bond motifs is 3. The van der Waals surface area contributed by atoms with Crippen LogP contribution in [0.15, 0.2) is 60.7 Å². The van der Waals surface area contributed by atoms with Crippen molar-refractivity contribution in [1.82, 2.24) is 5.32 Å². The summed E-state index contributed by atoms with van der Waals surface area (Å²) in [5.74, 6) is 0.653. The molecule has 2 heterocycles. The van der Waals surface area contributed by atoms with Crippen molar-refractivity contribution >= 4 is 0 Å². The van der Waals surface area contributed by atoms with Crippen LogP contribution in [0.1, 0.15) is 44.2 Å². The van der Waals surface area contributed by atoms with E-state index in [9.17, 15) is 0 Å². The maximum absolute atomic E-state index is 4.03. The SMILES string of the molecule is CC1NC2(c3ccccc3)CCC1(c1ccccc1)CC2C. The first kappa shape index (κ1) is 14.0. The molecule has 2 aromatic carbocycles. The highest BCUT2D eigenvalue weighted by atomic mass is 15.1. The Hall–Kier alpha value is -1.60. The normalized spacial score (nSPS) is 37.2.